The minimum absolute atomic E-state index is 0.00990. The molecule has 1 N–H and O–H groups in total. The van der Waals surface area contributed by atoms with Gasteiger partial charge in [0.2, 0.25) is 0 Å². The highest BCUT2D eigenvalue weighted by Gasteiger charge is 2.25. The van der Waals surface area contributed by atoms with E-state index >= 15 is 0 Å². The van der Waals surface area contributed by atoms with E-state index in [1.165, 1.54) is 42.8 Å². The van der Waals surface area contributed by atoms with Crippen LogP contribution < -0.4 is 0 Å². The monoisotopic (exact) mass is 317 g/mol. The first-order valence-electron chi connectivity index (χ1n) is 8.42. The number of nitrogens with zero attached hydrogens (tertiary/aromatic N) is 1. The predicted molar refractivity (Wildman–Crippen MR) is 97.9 cm³/mol. The highest BCUT2D eigenvalue weighted by atomic mass is 32.2. The SMILES string of the molecule is CCCN(CC[SH]1C=CC=C1)[C@H]1CCc2c(O)cccc2C1. The molecule has 1 aliphatic carbocycles. The van der Waals surface area contributed by atoms with Crippen molar-refractivity contribution in [3.8, 4) is 5.75 Å². The van der Waals surface area contributed by atoms with Crippen molar-refractivity contribution < 1.29 is 5.11 Å². The first-order chi connectivity index (χ1) is 10.8. The van der Waals surface area contributed by atoms with E-state index in [4.69, 9.17) is 0 Å². The van der Waals surface area contributed by atoms with Crippen LogP contribution in [0.15, 0.2) is 41.2 Å². The molecule has 22 heavy (non-hydrogen) atoms. The molecule has 0 saturated carbocycles. The Hall–Kier alpha value is -1.19. The maximum Gasteiger partial charge on any atom is 0.119 e. The second kappa shape index (κ2) is 7.38. The zero-order valence-electron chi connectivity index (χ0n) is 13.4. The van der Waals surface area contributed by atoms with Crippen LogP contribution in [0.5, 0.6) is 5.75 Å². The Labute approximate surface area is 136 Å². The van der Waals surface area contributed by atoms with Crippen molar-refractivity contribution in [3.63, 3.8) is 0 Å². The van der Waals surface area contributed by atoms with E-state index < -0.39 is 0 Å². The number of fused-ring (bicyclic) bond motifs is 1. The van der Waals surface area contributed by atoms with E-state index in [1.807, 2.05) is 12.1 Å². The van der Waals surface area contributed by atoms with E-state index in [2.05, 4.69) is 40.9 Å². The van der Waals surface area contributed by atoms with Crippen LogP contribution in [0, 0.1) is 0 Å². The fourth-order valence-electron chi connectivity index (χ4n) is 3.61. The molecule has 1 heterocycles. The second-order valence-corrected chi connectivity index (χ2v) is 8.34. The molecule has 3 rings (SSSR count). The van der Waals surface area contributed by atoms with E-state index in [9.17, 15) is 5.11 Å². The number of hydrogen-bond acceptors (Lipinski definition) is 2. The molecule has 2 aliphatic rings. The molecule has 0 bridgehead atoms. The number of hydrogen-bond donors (Lipinski definition) is 2. The van der Waals surface area contributed by atoms with E-state index in [-0.39, 0.29) is 10.9 Å². The zero-order chi connectivity index (χ0) is 15.4. The minimum Gasteiger partial charge on any atom is -0.508 e. The highest BCUT2D eigenvalue weighted by molar-refractivity contribution is 8.22. The van der Waals surface area contributed by atoms with E-state index in [0.717, 1.165) is 12.8 Å². The first-order valence-corrected chi connectivity index (χ1v) is 10.1. The summed E-state index contributed by atoms with van der Waals surface area (Å²) in [6.45, 7) is 4.67. The maximum atomic E-state index is 10.0. The third kappa shape index (κ3) is 3.58. The summed E-state index contributed by atoms with van der Waals surface area (Å²) in [7, 11) is -0.00990. The maximum absolute atomic E-state index is 10.0. The van der Waals surface area contributed by atoms with Crippen molar-refractivity contribution in [1.82, 2.24) is 4.90 Å². The lowest BCUT2D eigenvalue weighted by Crippen LogP contribution is -2.41. The van der Waals surface area contributed by atoms with Crippen molar-refractivity contribution >= 4 is 10.9 Å². The molecule has 0 unspecified atom stereocenters. The van der Waals surface area contributed by atoms with Crippen molar-refractivity contribution in [2.24, 2.45) is 0 Å². The lowest BCUT2D eigenvalue weighted by atomic mass is 9.87. The minimum atomic E-state index is -0.00990. The smallest absolute Gasteiger partial charge is 0.119 e. The largest absolute Gasteiger partial charge is 0.508 e. The zero-order valence-corrected chi connectivity index (χ0v) is 14.3. The predicted octanol–water partition coefficient (Wildman–Crippen LogP) is 4.00. The van der Waals surface area contributed by atoms with Crippen LogP contribution in [-0.2, 0) is 12.8 Å². The molecule has 0 spiro atoms. The number of aromatic hydroxyl groups is 1. The Morgan fingerprint density at radius 1 is 1.23 bits per heavy atom. The molecule has 1 atom stereocenters. The van der Waals surface area contributed by atoms with Gasteiger partial charge in [-0.15, -0.1) is 0 Å². The van der Waals surface area contributed by atoms with Gasteiger partial charge in [0.25, 0.3) is 0 Å². The van der Waals surface area contributed by atoms with Crippen LogP contribution in [0.25, 0.3) is 0 Å². The average molecular weight is 317 g/mol. The van der Waals surface area contributed by atoms with Gasteiger partial charge in [0.15, 0.2) is 0 Å². The van der Waals surface area contributed by atoms with Gasteiger partial charge < -0.3 is 5.11 Å². The van der Waals surface area contributed by atoms with Crippen molar-refractivity contribution in [3.05, 3.63) is 52.3 Å². The molecule has 0 amide bonds. The molecule has 3 heteroatoms. The van der Waals surface area contributed by atoms with Crippen LogP contribution in [-0.4, -0.2) is 34.9 Å². The molecule has 120 valence electrons. The first kappa shape index (κ1) is 15.7. The number of benzene rings is 1. The van der Waals surface area contributed by atoms with Gasteiger partial charge >= 0.3 is 0 Å². The number of phenols is 1. The molecule has 1 aromatic carbocycles. The number of phenolic OH excluding ortho intramolecular Hbond substituents is 1. The van der Waals surface area contributed by atoms with Crippen molar-refractivity contribution in [1.29, 1.82) is 0 Å². The molecule has 0 aromatic heterocycles. The summed E-state index contributed by atoms with van der Waals surface area (Å²) in [6.07, 6.45) is 8.88. The van der Waals surface area contributed by atoms with Gasteiger partial charge in [-0.2, -0.15) is 0 Å². The topological polar surface area (TPSA) is 23.5 Å². The van der Waals surface area contributed by atoms with E-state index in [0.29, 0.717) is 11.8 Å². The van der Waals surface area contributed by atoms with Gasteiger partial charge in [0.05, 0.1) is 0 Å². The third-order valence-corrected chi connectivity index (χ3v) is 6.60. The summed E-state index contributed by atoms with van der Waals surface area (Å²) in [6, 6.07) is 6.64. The number of thiol groups is 1. The van der Waals surface area contributed by atoms with Gasteiger partial charge in [-0.1, -0.05) is 31.2 Å². The Bertz CT molecular complexity index is 555. The highest BCUT2D eigenvalue weighted by Crippen LogP contribution is 2.34. The fourth-order valence-corrected chi connectivity index (χ4v) is 5.13. The summed E-state index contributed by atoms with van der Waals surface area (Å²) < 4.78 is 0. The molecule has 0 fully saturated rings. The van der Waals surface area contributed by atoms with E-state index in [1.54, 1.807) is 0 Å². The van der Waals surface area contributed by atoms with Gasteiger partial charge in [-0.25, -0.2) is 10.9 Å². The summed E-state index contributed by atoms with van der Waals surface area (Å²) in [5.74, 6) is 1.77. The quantitative estimate of drug-likeness (QED) is 0.775. The summed E-state index contributed by atoms with van der Waals surface area (Å²) in [5, 5.41) is 14.7. The third-order valence-electron chi connectivity index (χ3n) is 4.77. The van der Waals surface area contributed by atoms with Gasteiger partial charge in [-0.05, 0) is 66.0 Å². The van der Waals surface area contributed by atoms with Crippen LogP contribution >= 0.6 is 10.9 Å². The molecular weight excluding hydrogens is 290 g/mol. The Kier molecular flexibility index (Phi) is 5.27. The Balaban J connectivity index is 1.64. The molecule has 1 aliphatic heterocycles. The van der Waals surface area contributed by atoms with Crippen molar-refractivity contribution in [2.45, 2.75) is 38.6 Å². The lowest BCUT2D eigenvalue weighted by molar-refractivity contribution is 0.190. The molecule has 2 nitrogen and oxygen atoms in total. The average Bonchev–Trinajstić information content (AvgIpc) is 3.05. The van der Waals surface area contributed by atoms with Gasteiger partial charge in [0, 0.05) is 12.6 Å². The molecular formula is C19H27NOS. The summed E-state index contributed by atoms with van der Waals surface area (Å²) >= 11 is 0. The fraction of sp³-hybridized carbons (Fsp3) is 0.474. The van der Waals surface area contributed by atoms with Crippen LogP contribution in [0.2, 0.25) is 0 Å². The Morgan fingerprint density at radius 3 is 2.82 bits per heavy atom. The summed E-state index contributed by atoms with van der Waals surface area (Å²) in [4.78, 5) is 2.69. The standard InChI is InChI=1S/C19H27NOS/c1-2-10-20(11-14-22-12-3-4-13-22)17-8-9-18-16(15-17)6-5-7-19(18)21/h3-7,12-13,17,21-22H,2,8-11,14-15H2,1H3/t17-/m0/s1. The summed E-state index contributed by atoms with van der Waals surface area (Å²) in [5.41, 5.74) is 2.53. The molecule has 0 saturated heterocycles. The molecule has 1 aromatic rings. The van der Waals surface area contributed by atoms with Crippen LogP contribution in [0.3, 0.4) is 0 Å². The van der Waals surface area contributed by atoms with Gasteiger partial charge in [-0.3, -0.25) is 4.90 Å². The molecule has 0 radical (unpaired) electrons. The Morgan fingerprint density at radius 2 is 2.05 bits per heavy atom. The lowest BCUT2D eigenvalue weighted by Gasteiger charge is -2.36. The van der Waals surface area contributed by atoms with Crippen molar-refractivity contribution in [2.75, 3.05) is 18.8 Å². The number of rotatable bonds is 6. The number of allylic oxidation sites excluding steroid dienone is 2. The van der Waals surface area contributed by atoms with Crippen LogP contribution in [0.1, 0.15) is 30.9 Å². The second-order valence-electron chi connectivity index (χ2n) is 6.27. The van der Waals surface area contributed by atoms with Crippen LogP contribution in [0.4, 0.5) is 0 Å². The normalized spacial score (nSPS) is 21.5. The van der Waals surface area contributed by atoms with Gasteiger partial charge in [0.1, 0.15) is 5.75 Å².